The number of benzene rings is 1. The first-order chi connectivity index (χ1) is 10.2. The summed E-state index contributed by atoms with van der Waals surface area (Å²) in [7, 11) is 0. The molecule has 1 aliphatic heterocycles. The largest absolute Gasteiger partial charge is 0.309 e. The Kier molecular flexibility index (Phi) is 6.72. The predicted molar refractivity (Wildman–Crippen MR) is 91.6 cm³/mol. The van der Waals surface area contributed by atoms with E-state index in [0.29, 0.717) is 18.1 Å². The van der Waals surface area contributed by atoms with Gasteiger partial charge in [-0.05, 0) is 51.8 Å². The zero-order valence-corrected chi connectivity index (χ0v) is 14.0. The molecule has 118 valence electrons. The molecule has 1 fully saturated rings. The maximum Gasteiger partial charge on any atom is 0.0475 e. The smallest absolute Gasteiger partial charge is 0.0475 e. The maximum absolute atomic E-state index is 3.78. The Morgan fingerprint density at radius 1 is 1.19 bits per heavy atom. The van der Waals surface area contributed by atoms with E-state index in [0.717, 1.165) is 6.54 Å². The molecule has 2 rings (SSSR count). The monoisotopic (exact) mass is 288 g/mol. The van der Waals surface area contributed by atoms with Gasteiger partial charge in [-0.1, -0.05) is 50.1 Å². The lowest BCUT2D eigenvalue weighted by Crippen LogP contribution is -2.47. The average molecular weight is 288 g/mol. The molecule has 2 heteroatoms. The van der Waals surface area contributed by atoms with Gasteiger partial charge in [0.2, 0.25) is 0 Å². The minimum atomic E-state index is 0.437. The van der Waals surface area contributed by atoms with E-state index in [-0.39, 0.29) is 0 Å². The molecule has 0 radical (unpaired) electrons. The van der Waals surface area contributed by atoms with Gasteiger partial charge in [0.05, 0.1) is 0 Å². The standard InChI is InChI=1S/C19H32N2/c1-4-14-20-19(18-12-8-5-9-13-18)17(3)21-15-10-6-7-11-16(21)2/h5,8-9,12-13,16-17,19-20H,4,6-7,10-11,14-15H2,1-3H3. The molecule has 3 unspecified atom stereocenters. The SMILES string of the molecule is CCCNC(c1ccccc1)C(C)N1CCCCCC1C. The zero-order chi connectivity index (χ0) is 15.1. The van der Waals surface area contributed by atoms with Crippen LogP contribution in [0.2, 0.25) is 0 Å². The highest BCUT2D eigenvalue weighted by Crippen LogP contribution is 2.26. The van der Waals surface area contributed by atoms with E-state index in [1.54, 1.807) is 0 Å². The molecule has 0 bridgehead atoms. The summed E-state index contributed by atoms with van der Waals surface area (Å²) in [5.74, 6) is 0. The summed E-state index contributed by atoms with van der Waals surface area (Å²) in [6.07, 6.45) is 6.67. The van der Waals surface area contributed by atoms with E-state index in [4.69, 9.17) is 0 Å². The van der Waals surface area contributed by atoms with Crippen molar-refractivity contribution < 1.29 is 0 Å². The lowest BCUT2D eigenvalue weighted by atomic mass is 9.97. The second kappa shape index (κ2) is 8.55. The number of likely N-dealkylation sites (tertiary alicyclic amines) is 1. The van der Waals surface area contributed by atoms with Crippen LogP contribution in [0.15, 0.2) is 30.3 Å². The quantitative estimate of drug-likeness (QED) is 0.835. The number of nitrogens with zero attached hydrogens (tertiary/aromatic N) is 1. The highest BCUT2D eigenvalue weighted by Gasteiger charge is 2.28. The normalized spacial score (nSPS) is 23.5. The fourth-order valence-electron chi connectivity index (χ4n) is 3.62. The van der Waals surface area contributed by atoms with Gasteiger partial charge in [0.25, 0.3) is 0 Å². The van der Waals surface area contributed by atoms with E-state index < -0.39 is 0 Å². The van der Waals surface area contributed by atoms with E-state index in [2.05, 4.69) is 61.3 Å². The summed E-state index contributed by atoms with van der Waals surface area (Å²) in [5, 5.41) is 3.78. The van der Waals surface area contributed by atoms with E-state index >= 15 is 0 Å². The first-order valence-corrected chi connectivity index (χ1v) is 8.78. The number of hydrogen-bond acceptors (Lipinski definition) is 2. The highest BCUT2D eigenvalue weighted by atomic mass is 15.2. The van der Waals surface area contributed by atoms with Gasteiger partial charge in [0.1, 0.15) is 0 Å². The number of hydrogen-bond donors (Lipinski definition) is 1. The summed E-state index contributed by atoms with van der Waals surface area (Å²) in [6, 6.07) is 12.7. The third kappa shape index (κ3) is 4.55. The summed E-state index contributed by atoms with van der Waals surface area (Å²) < 4.78 is 0. The Balaban J connectivity index is 2.14. The fourth-order valence-corrected chi connectivity index (χ4v) is 3.62. The highest BCUT2D eigenvalue weighted by molar-refractivity contribution is 5.20. The fraction of sp³-hybridized carbons (Fsp3) is 0.684. The minimum Gasteiger partial charge on any atom is -0.309 e. The molecule has 0 saturated carbocycles. The van der Waals surface area contributed by atoms with E-state index in [9.17, 15) is 0 Å². The first kappa shape index (κ1) is 16.5. The Labute approximate surface area is 130 Å². The van der Waals surface area contributed by atoms with Gasteiger partial charge in [-0.15, -0.1) is 0 Å². The van der Waals surface area contributed by atoms with E-state index in [1.165, 1.54) is 44.2 Å². The molecule has 0 aliphatic carbocycles. The second-order valence-corrected chi connectivity index (χ2v) is 6.52. The van der Waals surface area contributed by atoms with E-state index in [1.807, 2.05) is 0 Å². The van der Waals surface area contributed by atoms with Crippen molar-refractivity contribution in [1.29, 1.82) is 0 Å². The Bertz CT molecular complexity index is 390. The first-order valence-electron chi connectivity index (χ1n) is 8.78. The maximum atomic E-state index is 3.78. The van der Waals surface area contributed by atoms with Crippen LogP contribution in [0, 0.1) is 0 Å². The lowest BCUT2D eigenvalue weighted by molar-refractivity contribution is 0.126. The summed E-state index contributed by atoms with van der Waals surface area (Å²) in [6.45, 7) is 9.39. The van der Waals surface area contributed by atoms with Crippen LogP contribution in [-0.2, 0) is 0 Å². The Morgan fingerprint density at radius 2 is 1.95 bits per heavy atom. The molecule has 2 nitrogen and oxygen atoms in total. The van der Waals surface area contributed by atoms with Gasteiger partial charge in [0.15, 0.2) is 0 Å². The molecule has 1 saturated heterocycles. The van der Waals surface area contributed by atoms with Crippen molar-refractivity contribution in [2.45, 2.75) is 71.0 Å². The van der Waals surface area contributed by atoms with Crippen LogP contribution in [0.5, 0.6) is 0 Å². The Morgan fingerprint density at radius 3 is 2.67 bits per heavy atom. The van der Waals surface area contributed by atoms with Crippen LogP contribution in [0.4, 0.5) is 0 Å². The van der Waals surface area contributed by atoms with Crippen molar-refractivity contribution in [3.05, 3.63) is 35.9 Å². The van der Waals surface area contributed by atoms with Crippen molar-refractivity contribution in [3.63, 3.8) is 0 Å². The topological polar surface area (TPSA) is 15.3 Å². The third-order valence-corrected chi connectivity index (χ3v) is 4.88. The van der Waals surface area contributed by atoms with Gasteiger partial charge in [0, 0.05) is 18.1 Å². The second-order valence-electron chi connectivity index (χ2n) is 6.52. The van der Waals surface area contributed by atoms with Gasteiger partial charge in [-0.2, -0.15) is 0 Å². The molecule has 0 aromatic heterocycles. The van der Waals surface area contributed by atoms with Crippen LogP contribution in [0.3, 0.4) is 0 Å². The van der Waals surface area contributed by atoms with Crippen molar-refractivity contribution in [2.24, 2.45) is 0 Å². The molecule has 21 heavy (non-hydrogen) atoms. The van der Waals surface area contributed by atoms with Gasteiger partial charge in [-0.3, -0.25) is 4.90 Å². The zero-order valence-electron chi connectivity index (χ0n) is 14.0. The molecular formula is C19H32N2. The molecule has 1 heterocycles. The number of nitrogens with one attached hydrogen (secondary N) is 1. The van der Waals surface area contributed by atoms with Gasteiger partial charge in [-0.25, -0.2) is 0 Å². The van der Waals surface area contributed by atoms with Crippen LogP contribution in [0.25, 0.3) is 0 Å². The van der Waals surface area contributed by atoms with Crippen molar-refractivity contribution in [1.82, 2.24) is 10.2 Å². The van der Waals surface area contributed by atoms with Crippen LogP contribution in [-0.4, -0.2) is 30.1 Å². The van der Waals surface area contributed by atoms with Crippen molar-refractivity contribution in [3.8, 4) is 0 Å². The molecule has 0 amide bonds. The molecule has 0 spiro atoms. The van der Waals surface area contributed by atoms with Gasteiger partial charge < -0.3 is 5.32 Å². The van der Waals surface area contributed by atoms with Crippen LogP contribution in [0.1, 0.15) is 64.5 Å². The predicted octanol–water partition coefficient (Wildman–Crippen LogP) is 4.38. The molecule has 1 aliphatic rings. The Hall–Kier alpha value is -0.860. The summed E-state index contributed by atoms with van der Waals surface area (Å²) >= 11 is 0. The summed E-state index contributed by atoms with van der Waals surface area (Å²) in [4.78, 5) is 2.73. The molecule has 1 N–H and O–H groups in total. The van der Waals surface area contributed by atoms with Crippen molar-refractivity contribution in [2.75, 3.05) is 13.1 Å². The molecule has 3 atom stereocenters. The minimum absolute atomic E-state index is 0.437. The summed E-state index contributed by atoms with van der Waals surface area (Å²) in [5.41, 5.74) is 1.43. The lowest BCUT2D eigenvalue weighted by Gasteiger charge is -2.38. The number of rotatable bonds is 6. The molecular weight excluding hydrogens is 256 g/mol. The molecule has 1 aromatic carbocycles. The van der Waals surface area contributed by atoms with Gasteiger partial charge >= 0.3 is 0 Å². The van der Waals surface area contributed by atoms with Crippen molar-refractivity contribution >= 4 is 0 Å². The third-order valence-electron chi connectivity index (χ3n) is 4.88. The van der Waals surface area contributed by atoms with Crippen LogP contribution < -0.4 is 5.32 Å². The average Bonchev–Trinajstić information content (AvgIpc) is 2.73. The van der Waals surface area contributed by atoms with Crippen LogP contribution >= 0.6 is 0 Å². The molecule has 1 aromatic rings.